The Bertz CT molecular complexity index is 1550. The van der Waals surface area contributed by atoms with Crippen LogP contribution in [0.2, 0.25) is 0 Å². The van der Waals surface area contributed by atoms with E-state index < -0.39 is 17.8 Å². The minimum absolute atomic E-state index is 0.126. The van der Waals surface area contributed by atoms with Crippen molar-refractivity contribution in [1.82, 2.24) is 5.32 Å². The fourth-order valence-corrected chi connectivity index (χ4v) is 5.38. The quantitative estimate of drug-likeness (QED) is 0.252. The predicted molar refractivity (Wildman–Crippen MR) is 161 cm³/mol. The van der Waals surface area contributed by atoms with Crippen LogP contribution in [0.15, 0.2) is 97.1 Å². The predicted octanol–water partition coefficient (Wildman–Crippen LogP) is 5.69. The van der Waals surface area contributed by atoms with Crippen molar-refractivity contribution in [2.45, 2.75) is 25.4 Å². The zero-order valence-corrected chi connectivity index (χ0v) is 23.8. The molecule has 0 saturated heterocycles. The SMILES string of the molecule is COc1ccc(C(C(=O)NCc2ccccc2)N(C(=O)CCN2CCc3ccccc32)c2cccc(F)c2)cc1OC. The summed E-state index contributed by atoms with van der Waals surface area (Å²) in [6, 6.07) is 27.4. The summed E-state index contributed by atoms with van der Waals surface area (Å²) in [5.74, 6) is -0.318. The minimum Gasteiger partial charge on any atom is -0.493 e. The van der Waals surface area contributed by atoms with Gasteiger partial charge in [0.25, 0.3) is 0 Å². The lowest BCUT2D eigenvalue weighted by atomic mass is 10.0. The van der Waals surface area contributed by atoms with E-state index in [-0.39, 0.29) is 24.6 Å². The van der Waals surface area contributed by atoms with E-state index in [9.17, 15) is 14.0 Å². The van der Waals surface area contributed by atoms with Gasteiger partial charge >= 0.3 is 0 Å². The van der Waals surface area contributed by atoms with Crippen LogP contribution in [0.1, 0.15) is 29.2 Å². The second kappa shape index (κ2) is 13.2. The number of rotatable bonds is 11. The van der Waals surface area contributed by atoms with Gasteiger partial charge in [-0.25, -0.2) is 4.39 Å². The molecule has 0 bridgehead atoms. The Morgan fingerprint density at radius 3 is 2.43 bits per heavy atom. The molecule has 0 aromatic heterocycles. The number of anilines is 2. The highest BCUT2D eigenvalue weighted by atomic mass is 19.1. The number of carbonyl (C=O) groups is 2. The first-order valence-corrected chi connectivity index (χ1v) is 13.9. The van der Waals surface area contributed by atoms with Gasteiger partial charge in [0.2, 0.25) is 11.8 Å². The first-order chi connectivity index (χ1) is 20.5. The van der Waals surface area contributed by atoms with Crippen molar-refractivity contribution in [3.63, 3.8) is 0 Å². The van der Waals surface area contributed by atoms with Gasteiger partial charge < -0.3 is 19.7 Å². The van der Waals surface area contributed by atoms with Gasteiger partial charge in [-0.2, -0.15) is 0 Å². The Morgan fingerprint density at radius 1 is 0.905 bits per heavy atom. The summed E-state index contributed by atoms with van der Waals surface area (Å²) in [6.07, 6.45) is 1.04. The fraction of sp³-hybridized carbons (Fsp3) is 0.235. The molecule has 0 fully saturated rings. The summed E-state index contributed by atoms with van der Waals surface area (Å²) >= 11 is 0. The van der Waals surface area contributed by atoms with E-state index in [1.165, 1.54) is 42.9 Å². The number of benzene rings is 4. The van der Waals surface area contributed by atoms with Crippen molar-refractivity contribution in [3.8, 4) is 11.5 Å². The molecule has 216 valence electrons. The molecule has 1 aliphatic rings. The lowest BCUT2D eigenvalue weighted by Crippen LogP contribution is -2.44. The number of nitrogens with zero attached hydrogens (tertiary/aromatic N) is 2. The molecule has 2 amide bonds. The summed E-state index contributed by atoms with van der Waals surface area (Å²) in [6.45, 7) is 1.54. The first-order valence-electron chi connectivity index (χ1n) is 13.9. The normalized spacial score (nSPS) is 12.8. The molecule has 0 saturated carbocycles. The second-order valence-corrected chi connectivity index (χ2v) is 10.1. The average molecular weight is 568 g/mol. The van der Waals surface area contributed by atoms with E-state index >= 15 is 0 Å². The van der Waals surface area contributed by atoms with Gasteiger partial charge in [0.1, 0.15) is 11.9 Å². The van der Waals surface area contributed by atoms with E-state index in [0.29, 0.717) is 23.6 Å². The lowest BCUT2D eigenvalue weighted by Gasteiger charge is -2.32. The highest BCUT2D eigenvalue weighted by molar-refractivity contribution is 6.01. The van der Waals surface area contributed by atoms with E-state index in [1.807, 2.05) is 42.5 Å². The monoisotopic (exact) mass is 567 g/mol. The molecule has 0 aliphatic carbocycles. The maximum atomic E-state index is 14.6. The van der Waals surface area contributed by atoms with Crippen LogP contribution in [-0.4, -0.2) is 39.1 Å². The largest absolute Gasteiger partial charge is 0.493 e. The molecule has 4 aromatic rings. The lowest BCUT2D eigenvalue weighted by molar-refractivity contribution is -0.126. The fourth-order valence-electron chi connectivity index (χ4n) is 5.38. The maximum absolute atomic E-state index is 14.6. The molecule has 1 heterocycles. The van der Waals surface area contributed by atoms with Crippen LogP contribution in [0.4, 0.5) is 15.8 Å². The second-order valence-electron chi connectivity index (χ2n) is 10.1. The number of ether oxygens (including phenoxy) is 2. The van der Waals surface area contributed by atoms with Crippen LogP contribution < -0.4 is 24.6 Å². The number of carbonyl (C=O) groups excluding carboxylic acids is 2. The molecule has 0 spiro atoms. The minimum atomic E-state index is -1.10. The molecule has 1 unspecified atom stereocenters. The molecule has 42 heavy (non-hydrogen) atoms. The summed E-state index contributed by atoms with van der Waals surface area (Å²) in [4.78, 5) is 31.7. The Labute approximate surface area is 245 Å². The van der Waals surface area contributed by atoms with Crippen molar-refractivity contribution in [3.05, 3.63) is 120 Å². The first kappa shape index (κ1) is 28.7. The van der Waals surface area contributed by atoms with E-state index in [0.717, 1.165) is 24.2 Å². The molecule has 0 radical (unpaired) electrons. The van der Waals surface area contributed by atoms with Gasteiger partial charge in [-0.1, -0.05) is 60.7 Å². The highest BCUT2D eigenvalue weighted by Gasteiger charge is 2.34. The number of hydrogen-bond donors (Lipinski definition) is 1. The highest BCUT2D eigenvalue weighted by Crippen LogP contribution is 2.35. The Kier molecular flexibility index (Phi) is 9.02. The van der Waals surface area contributed by atoms with Crippen molar-refractivity contribution in [1.29, 1.82) is 0 Å². The summed E-state index contributed by atoms with van der Waals surface area (Å²) in [5.41, 5.74) is 4.06. The van der Waals surface area contributed by atoms with Crippen molar-refractivity contribution < 1.29 is 23.5 Å². The van der Waals surface area contributed by atoms with Gasteiger partial charge in [-0.05, 0) is 59.5 Å². The third kappa shape index (κ3) is 6.38. The number of nitrogens with one attached hydrogen (secondary N) is 1. The molecular weight excluding hydrogens is 533 g/mol. The van der Waals surface area contributed by atoms with Crippen LogP contribution in [0, 0.1) is 5.82 Å². The third-order valence-electron chi connectivity index (χ3n) is 7.47. The topological polar surface area (TPSA) is 71.1 Å². The molecule has 5 rings (SSSR count). The van der Waals surface area contributed by atoms with E-state index in [4.69, 9.17) is 9.47 Å². The Morgan fingerprint density at radius 2 is 1.67 bits per heavy atom. The molecular formula is C34H34FN3O4. The van der Waals surface area contributed by atoms with Crippen molar-refractivity contribution in [2.24, 2.45) is 0 Å². The standard InChI is InChI=1S/C34H34FN3O4/c1-41-30-16-15-26(21-31(30)42-2)33(34(40)36-23-24-9-4-3-5-10-24)38(28-13-8-12-27(35)22-28)32(39)18-20-37-19-17-25-11-6-7-14-29(25)37/h3-16,21-22,33H,17-20,23H2,1-2H3,(H,36,40). The number of para-hydroxylation sites is 1. The molecule has 1 N–H and O–H groups in total. The summed E-state index contributed by atoms with van der Waals surface area (Å²) in [7, 11) is 3.04. The zero-order valence-electron chi connectivity index (χ0n) is 23.8. The van der Waals surface area contributed by atoms with Gasteiger partial charge in [0, 0.05) is 37.4 Å². The Balaban J connectivity index is 1.51. The third-order valence-corrected chi connectivity index (χ3v) is 7.47. The van der Waals surface area contributed by atoms with Crippen LogP contribution in [0.5, 0.6) is 11.5 Å². The molecule has 1 atom stereocenters. The van der Waals surface area contributed by atoms with Crippen molar-refractivity contribution in [2.75, 3.05) is 37.1 Å². The van der Waals surface area contributed by atoms with Gasteiger partial charge in [-0.15, -0.1) is 0 Å². The summed E-state index contributed by atoms with van der Waals surface area (Å²) in [5, 5.41) is 2.98. The number of fused-ring (bicyclic) bond motifs is 1. The smallest absolute Gasteiger partial charge is 0.248 e. The van der Waals surface area contributed by atoms with Gasteiger partial charge in [0.05, 0.1) is 14.2 Å². The number of halogens is 1. The van der Waals surface area contributed by atoms with Crippen LogP contribution in [-0.2, 0) is 22.6 Å². The number of amides is 2. The van der Waals surface area contributed by atoms with Gasteiger partial charge in [0.15, 0.2) is 11.5 Å². The molecule has 4 aromatic carbocycles. The average Bonchev–Trinajstić information content (AvgIpc) is 3.44. The Hall–Kier alpha value is -4.85. The number of hydrogen-bond acceptors (Lipinski definition) is 5. The zero-order chi connectivity index (χ0) is 29.5. The summed E-state index contributed by atoms with van der Waals surface area (Å²) < 4.78 is 25.5. The van der Waals surface area contributed by atoms with Gasteiger partial charge in [-0.3, -0.25) is 14.5 Å². The van der Waals surface area contributed by atoms with Crippen molar-refractivity contribution >= 4 is 23.2 Å². The van der Waals surface area contributed by atoms with Crippen LogP contribution >= 0.6 is 0 Å². The van der Waals surface area contributed by atoms with E-state index in [2.05, 4.69) is 22.3 Å². The molecule has 7 nitrogen and oxygen atoms in total. The van der Waals surface area contributed by atoms with E-state index in [1.54, 1.807) is 24.3 Å². The van der Waals surface area contributed by atoms with Crippen LogP contribution in [0.3, 0.4) is 0 Å². The van der Waals surface area contributed by atoms with Crippen LogP contribution in [0.25, 0.3) is 0 Å². The molecule has 8 heteroatoms. The maximum Gasteiger partial charge on any atom is 0.248 e. The molecule has 1 aliphatic heterocycles. The number of methoxy groups -OCH3 is 2.